The molecule has 0 atom stereocenters. The van der Waals surface area contributed by atoms with E-state index in [1.54, 1.807) is 24.1 Å². The van der Waals surface area contributed by atoms with Crippen molar-refractivity contribution in [1.29, 1.82) is 0 Å². The number of rotatable bonds is 4. The van der Waals surface area contributed by atoms with Crippen molar-refractivity contribution in [2.24, 2.45) is 12.8 Å². The summed E-state index contributed by atoms with van der Waals surface area (Å²) in [6.45, 7) is 7.89. The Morgan fingerprint density at radius 2 is 1.73 bits per heavy atom. The predicted molar refractivity (Wildman–Crippen MR) is 145 cm³/mol. The van der Waals surface area contributed by atoms with E-state index >= 15 is 0 Å². The van der Waals surface area contributed by atoms with Gasteiger partial charge in [-0.2, -0.15) is 0 Å². The van der Waals surface area contributed by atoms with Gasteiger partial charge in [-0.1, -0.05) is 44.2 Å². The number of carbonyl (C=O) groups excluding carboxylic acids is 1. The number of imidazole rings is 1. The third kappa shape index (κ3) is 7.29. The van der Waals surface area contributed by atoms with Crippen molar-refractivity contribution >= 4 is 41.2 Å². The van der Waals surface area contributed by atoms with Crippen molar-refractivity contribution in [3.8, 4) is 0 Å². The number of anilines is 2. The van der Waals surface area contributed by atoms with E-state index in [9.17, 15) is 4.79 Å². The van der Waals surface area contributed by atoms with Crippen molar-refractivity contribution in [2.45, 2.75) is 27.7 Å². The number of nitrogens with two attached hydrogens (primary N) is 2. The summed E-state index contributed by atoms with van der Waals surface area (Å²) in [5.74, 6) is 0.401. The first-order chi connectivity index (χ1) is 15.8. The molecule has 176 valence electrons. The fraction of sp³-hybridized carbons (Fsp3) is 0.231. The van der Waals surface area contributed by atoms with E-state index in [1.165, 1.54) is 6.20 Å². The second kappa shape index (κ2) is 13.9. The molecule has 0 fully saturated rings. The van der Waals surface area contributed by atoms with Gasteiger partial charge in [0.1, 0.15) is 0 Å². The van der Waals surface area contributed by atoms with E-state index in [1.807, 2.05) is 93.9 Å². The molecule has 3 aromatic rings. The summed E-state index contributed by atoms with van der Waals surface area (Å²) in [4.78, 5) is 19.3. The monoisotopic (exact) mass is 465 g/mol. The SMILES string of the molecule is C/C=C(S)/C(/C=C\N)=C/C.CC.CN(C(=O)c1ccccc1)c1ccc2c(c1)nc(N)n2C. The van der Waals surface area contributed by atoms with Gasteiger partial charge in [-0.3, -0.25) is 4.79 Å². The molecule has 0 spiro atoms. The van der Waals surface area contributed by atoms with Crippen LogP contribution in [0.15, 0.2) is 83.4 Å². The highest BCUT2D eigenvalue weighted by molar-refractivity contribution is 7.84. The van der Waals surface area contributed by atoms with Crippen LogP contribution >= 0.6 is 12.6 Å². The maximum Gasteiger partial charge on any atom is 0.258 e. The van der Waals surface area contributed by atoms with E-state index in [4.69, 9.17) is 11.5 Å². The molecule has 0 aliphatic heterocycles. The number of thiol groups is 1. The molecule has 7 heteroatoms. The van der Waals surface area contributed by atoms with Crippen LogP contribution in [0.25, 0.3) is 11.0 Å². The molecule has 4 N–H and O–H groups in total. The third-order valence-electron chi connectivity index (χ3n) is 4.77. The number of amides is 1. The lowest BCUT2D eigenvalue weighted by Crippen LogP contribution is -2.26. The van der Waals surface area contributed by atoms with Gasteiger partial charge in [0.2, 0.25) is 5.95 Å². The lowest BCUT2D eigenvalue weighted by molar-refractivity contribution is 0.0993. The van der Waals surface area contributed by atoms with Crippen molar-refractivity contribution in [3.05, 3.63) is 89.0 Å². The average molecular weight is 466 g/mol. The normalized spacial score (nSPS) is 11.5. The predicted octanol–water partition coefficient (Wildman–Crippen LogP) is 5.70. The zero-order valence-corrected chi connectivity index (χ0v) is 21.2. The van der Waals surface area contributed by atoms with Gasteiger partial charge >= 0.3 is 0 Å². The van der Waals surface area contributed by atoms with E-state index in [0.29, 0.717) is 11.5 Å². The van der Waals surface area contributed by atoms with Crippen molar-refractivity contribution in [1.82, 2.24) is 9.55 Å². The summed E-state index contributed by atoms with van der Waals surface area (Å²) in [5, 5.41) is 0. The van der Waals surface area contributed by atoms with Gasteiger partial charge in [-0.15, -0.1) is 12.6 Å². The minimum atomic E-state index is -0.0566. The van der Waals surface area contributed by atoms with Gasteiger partial charge in [-0.25, -0.2) is 4.98 Å². The molecule has 1 heterocycles. The van der Waals surface area contributed by atoms with Gasteiger partial charge in [0, 0.05) is 30.3 Å². The number of benzene rings is 2. The summed E-state index contributed by atoms with van der Waals surface area (Å²) in [5.41, 5.74) is 15.2. The zero-order chi connectivity index (χ0) is 25.0. The molecule has 1 amide bonds. The molecular formula is C26H35N5OS. The smallest absolute Gasteiger partial charge is 0.258 e. The first-order valence-corrected chi connectivity index (χ1v) is 11.2. The summed E-state index contributed by atoms with van der Waals surface area (Å²) in [6.07, 6.45) is 7.22. The van der Waals surface area contributed by atoms with Crippen LogP contribution < -0.4 is 16.4 Å². The van der Waals surface area contributed by atoms with Crippen molar-refractivity contribution in [3.63, 3.8) is 0 Å². The minimum Gasteiger partial charge on any atom is -0.405 e. The lowest BCUT2D eigenvalue weighted by atomic mass is 10.2. The zero-order valence-electron chi connectivity index (χ0n) is 20.3. The molecule has 0 saturated heterocycles. The number of aromatic nitrogens is 2. The quantitative estimate of drug-likeness (QED) is 0.341. The molecule has 6 nitrogen and oxygen atoms in total. The van der Waals surface area contributed by atoms with Gasteiger partial charge in [0.05, 0.1) is 11.0 Å². The molecule has 0 bridgehead atoms. The molecule has 0 saturated carbocycles. The first kappa shape index (κ1) is 27.6. The Kier molecular flexibility index (Phi) is 11.6. The summed E-state index contributed by atoms with van der Waals surface area (Å²) < 4.78 is 1.82. The number of aryl methyl sites for hydroxylation is 1. The van der Waals surface area contributed by atoms with Crippen LogP contribution in [0.5, 0.6) is 0 Å². The van der Waals surface area contributed by atoms with E-state index in [-0.39, 0.29) is 5.91 Å². The molecule has 0 unspecified atom stereocenters. The highest BCUT2D eigenvalue weighted by Gasteiger charge is 2.14. The van der Waals surface area contributed by atoms with Crippen LogP contribution in [0.3, 0.4) is 0 Å². The van der Waals surface area contributed by atoms with Crippen molar-refractivity contribution in [2.75, 3.05) is 17.7 Å². The van der Waals surface area contributed by atoms with Crippen LogP contribution in [0.1, 0.15) is 38.1 Å². The fourth-order valence-corrected chi connectivity index (χ4v) is 3.11. The van der Waals surface area contributed by atoms with E-state index in [0.717, 1.165) is 27.2 Å². The standard InChI is InChI=1S/C16H16N4O.C8H13NS.C2H6/c1-19(15(21)11-6-4-3-5-7-11)12-8-9-14-13(10-12)18-16(17)20(14)2;1-3-7(5-6-9)8(10)4-2;1-2/h3-10H,1-2H3,(H2,17,18);3-6,10H,9H2,1-2H3;1-2H3/b;6-5-,7-3+,8-4-;. The van der Waals surface area contributed by atoms with Gasteiger partial charge in [0.25, 0.3) is 5.91 Å². The van der Waals surface area contributed by atoms with Crippen LogP contribution in [0.2, 0.25) is 0 Å². The van der Waals surface area contributed by atoms with Crippen LogP contribution in [-0.4, -0.2) is 22.5 Å². The van der Waals surface area contributed by atoms with Crippen LogP contribution in [-0.2, 0) is 7.05 Å². The molecule has 2 aromatic carbocycles. The number of fused-ring (bicyclic) bond motifs is 1. The summed E-state index contributed by atoms with van der Waals surface area (Å²) in [6, 6.07) is 14.9. The highest BCUT2D eigenvalue weighted by Crippen LogP contribution is 2.23. The Hall–Kier alpha value is -3.45. The van der Waals surface area contributed by atoms with Gasteiger partial charge in [0.15, 0.2) is 0 Å². The molecule has 3 rings (SSSR count). The molecule has 0 radical (unpaired) electrons. The Morgan fingerprint density at radius 1 is 1.09 bits per heavy atom. The molecule has 0 aliphatic rings. The van der Waals surface area contributed by atoms with Gasteiger partial charge in [-0.05, 0) is 62.0 Å². The number of hydrogen-bond donors (Lipinski definition) is 3. The van der Waals surface area contributed by atoms with Crippen molar-refractivity contribution < 1.29 is 4.79 Å². The Labute approximate surface area is 202 Å². The van der Waals surface area contributed by atoms with Crippen LogP contribution in [0, 0.1) is 0 Å². The third-order valence-corrected chi connectivity index (χ3v) is 5.28. The number of allylic oxidation sites excluding steroid dienone is 4. The highest BCUT2D eigenvalue weighted by atomic mass is 32.1. The van der Waals surface area contributed by atoms with E-state index in [2.05, 4.69) is 17.6 Å². The topological polar surface area (TPSA) is 90.2 Å². The number of nitrogens with zero attached hydrogens (tertiary/aromatic N) is 3. The first-order valence-electron chi connectivity index (χ1n) is 10.8. The fourth-order valence-electron chi connectivity index (χ4n) is 2.91. The van der Waals surface area contributed by atoms with Crippen LogP contribution in [0.4, 0.5) is 11.6 Å². The lowest BCUT2D eigenvalue weighted by Gasteiger charge is -2.17. The molecule has 33 heavy (non-hydrogen) atoms. The summed E-state index contributed by atoms with van der Waals surface area (Å²) >= 11 is 4.23. The number of carbonyl (C=O) groups is 1. The average Bonchev–Trinajstić information content (AvgIpc) is 3.15. The molecule has 0 aliphatic carbocycles. The Bertz CT molecular complexity index is 1130. The molecule has 1 aromatic heterocycles. The minimum absolute atomic E-state index is 0.0566. The molecular weight excluding hydrogens is 430 g/mol. The number of nitrogen functional groups attached to an aromatic ring is 1. The second-order valence-electron chi connectivity index (χ2n) is 6.71. The summed E-state index contributed by atoms with van der Waals surface area (Å²) in [7, 11) is 3.62. The number of hydrogen-bond acceptors (Lipinski definition) is 5. The maximum atomic E-state index is 12.4. The van der Waals surface area contributed by atoms with E-state index < -0.39 is 0 Å². The Balaban J connectivity index is 0.000000386. The maximum absolute atomic E-state index is 12.4. The second-order valence-corrected chi connectivity index (χ2v) is 7.19. The largest absolute Gasteiger partial charge is 0.405 e. The Morgan fingerprint density at radius 3 is 2.27 bits per heavy atom. The van der Waals surface area contributed by atoms with Gasteiger partial charge < -0.3 is 20.9 Å².